The molecule has 2 aromatic carbocycles. The van der Waals surface area contributed by atoms with Crippen LogP contribution in [0, 0.1) is 5.92 Å². The van der Waals surface area contributed by atoms with E-state index in [9.17, 15) is 39.3 Å². The van der Waals surface area contributed by atoms with E-state index in [0.29, 0.717) is 17.5 Å². The van der Waals surface area contributed by atoms with E-state index < -0.39 is 60.2 Å². The summed E-state index contributed by atoms with van der Waals surface area (Å²) in [7, 11) is 0. The Morgan fingerprint density at radius 1 is 0.732 bits per heavy atom. The number of benzene rings is 2. The minimum absolute atomic E-state index is 0.00365. The van der Waals surface area contributed by atoms with Gasteiger partial charge in [0.2, 0.25) is 23.6 Å². The number of nitrogens with two attached hydrogens (primary N) is 2. The maximum atomic E-state index is 13.4. The molecule has 10 N–H and O–H groups in total. The summed E-state index contributed by atoms with van der Waals surface area (Å²) < 4.78 is 0. The van der Waals surface area contributed by atoms with E-state index in [1.807, 2.05) is 6.92 Å². The van der Waals surface area contributed by atoms with Crippen molar-refractivity contribution in [1.82, 2.24) is 16.0 Å². The zero-order chi connectivity index (χ0) is 30.7. The van der Waals surface area contributed by atoms with Crippen LogP contribution in [0.3, 0.4) is 0 Å². The molecule has 0 aromatic heterocycles. The zero-order valence-corrected chi connectivity index (χ0v) is 22.9. The number of carbonyl (C=O) groups excluding carboxylic acids is 4. The van der Waals surface area contributed by atoms with Gasteiger partial charge in [-0.05, 0) is 41.3 Å². The number of carboxylic acid groups (broad SMARTS) is 1. The van der Waals surface area contributed by atoms with Crippen molar-refractivity contribution in [2.24, 2.45) is 17.4 Å². The number of carbonyl (C=O) groups is 5. The van der Waals surface area contributed by atoms with E-state index in [0.717, 1.165) is 0 Å². The largest absolute Gasteiger partial charge is 0.508 e. The molecular weight excluding hydrogens is 534 g/mol. The van der Waals surface area contributed by atoms with Crippen LogP contribution in [0.5, 0.6) is 11.5 Å². The lowest BCUT2D eigenvalue weighted by molar-refractivity contribution is -0.142. The molecule has 4 amide bonds. The van der Waals surface area contributed by atoms with Gasteiger partial charge in [-0.3, -0.25) is 19.2 Å². The van der Waals surface area contributed by atoms with E-state index in [1.165, 1.54) is 36.4 Å². The van der Waals surface area contributed by atoms with Crippen molar-refractivity contribution in [3.8, 4) is 11.5 Å². The second-order valence-corrected chi connectivity index (χ2v) is 9.84. The highest BCUT2D eigenvalue weighted by Crippen LogP contribution is 2.14. The number of phenols is 2. The van der Waals surface area contributed by atoms with Crippen LogP contribution in [-0.4, -0.2) is 69.1 Å². The average molecular weight is 572 g/mol. The first-order chi connectivity index (χ1) is 19.3. The van der Waals surface area contributed by atoms with E-state index in [-0.39, 0.29) is 30.3 Å². The minimum Gasteiger partial charge on any atom is -0.508 e. The predicted molar refractivity (Wildman–Crippen MR) is 148 cm³/mol. The highest BCUT2D eigenvalue weighted by atomic mass is 16.4. The molecule has 0 saturated carbocycles. The van der Waals surface area contributed by atoms with Gasteiger partial charge in [0.05, 0.1) is 12.5 Å². The van der Waals surface area contributed by atoms with Crippen LogP contribution >= 0.6 is 0 Å². The highest BCUT2D eigenvalue weighted by Gasteiger charge is 2.32. The summed E-state index contributed by atoms with van der Waals surface area (Å²) in [6, 6.07) is 6.46. The topological polar surface area (TPSA) is 234 Å². The van der Waals surface area contributed by atoms with Gasteiger partial charge in [-0.2, -0.15) is 0 Å². The number of primary amides is 1. The lowest BCUT2D eigenvalue weighted by atomic mass is 9.98. The first-order valence-electron chi connectivity index (χ1n) is 13.0. The van der Waals surface area contributed by atoms with Crippen molar-refractivity contribution < 1.29 is 39.3 Å². The molecule has 2 aromatic rings. The number of nitrogens with one attached hydrogen (secondary N) is 3. The average Bonchev–Trinajstić information content (AvgIpc) is 2.92. The molecule has 0 spiro atoms. The number of aromatic hydroxyl groups is 2. The van der Waals surface area contributed by atoms with E-state index in [2.05, 4.69) is 16.0 Å². The van der Waals surface area contributed by atoms with Gasteiger partial charge in [0.15, 0.2) is 0 Å². The van der Waals surface area contributed by atoms with Crippen LogP contribution in [0.15, 0.2) is 48.5 Å². The molecule has 5 atom stereocenters. The first-order valence-corrected chi connectivity index (χ1v) is 13.0. The summed E-state index contributed by atoms with van der Waals surface area (Å²) in [5.74, 6) is -4.94. The summed E-state index contributed by atoms with van der Waals surface area (Å²) in [5, 5.41) is 36.0. The Morgan fingerprint density at radius 2 is 1.15 bits per heavy atom. The van der Waals surface area contributed by atoms with Crippen molar-refractivity contribution >= 4 is 29.6 Å². The predicted octanol–water partition coefficient (Wildman–Crippen LogP) is -0.329. The molecule has 222 valence electrons. The quantitative estimate of drug-likeness (QED) is 0.140. The van der Waals surface area contributed by atoms with Gasteiger partial charge in [0, 0.05) is 12.8 Å². The molecular formula is C28H37N5O8. The van der Waals surface area contributed by atoms with Crippen molar-refractivity contribution in [1.29, 1.82) is 0 Å². The van der Waals surface area contributed by atoms with Crippen LogP contribution < -0.4 is 27.4 Å². The van der Waals surface area contributed by atoms with Gasteiger partial charge in [-0.1, -0.05) is 44.5 Å². The second kappa shape index (κ2) is 15.2. The second-order valence-electron chi connectivity index (χ2n) is 9.84. The number of phenolic OH excluding ortho intramolecular Hbond substituents is 2. The first kappa shape index (κ1) is 32.6. The van der Waals surface area contributed by atoms with Crippen LogP contribution in [-0.2, 0) is 36.8 Å². The van der Waals surface area contributed by atoms with Crippen molar-refractivity contribution in [2.45, 2.75) is 63.7 Å². The molecule has 13 heteroatoms. The maximum Gasteiger partial charge on any atom is 0.326 e. The number of rotatable bonds is 15. The Morgan fingerprint density at radius 3 is 1.59 bits per heavy atom. The Kier molecular flexibility index (Phi) is 12.1. The van der Waals surface area contributed by atoms with Gasteiger partial charge in [-0.25, -0.2) is 4.79 Å². The minimum atomic E-state index is -1.55. The molecule has 5 unspecified atom stereocenters. The lowest BCUT2D eigenvalue weighted by Gasteiger charge is -2.26. The summed E-state index contributed by atoms with van der Waals surface area (Å²) >= 11 is 0. The van der Waals surface area contributed by atoms with Crippen LogP contribution in [0.2, 0.25) is 0 Å². The number of hydrogen-bond donors (Lipinski definition) is 8. The van der Waals surface area contributed by atoms with E-state index in [4.69, 9.17) is 11.5 Å². The Bertz CT molecular complexity index is 1220. The van der Waals surface area contributed by atoms with Crippen molar-refractivity contribution in [2.75, 3.05) is 0 Å². The lowest BCUT2D eigenvalue weighted by Crippen LogP contribution is -2.58. The molecule has 0 radical (unpaired) electrons. The normalized spacial score (nSPS) is 14.5. The molecule has 0 fully saturated rings. The molecule has 0 bridgehead atoms. The molecule has 13 nitrogen and oxygen atoms in total. The highest BCUT2D eigenvalue weighted by molar-refractivity contribution is 5.96. The smallest absolute Gasteiger partial charge is 0.326 e. The maximum absolute atomic E-state index is 13.4. The summed E-state index contributed by atoms with van der Waals surface area (Å²) in [4.78, 5) is 62.9. The fourth-order valence-electron chi connectivity index (χ4n) is 3.88. The van der Waals surface area contributed by atoms with Crippen molar-refractivity contribution in [3.63, 3.8) is 0 Å². The Hall–Kier alpha value is -4.65. The van der Waals surface area contributed by atoms with Gasteiger partial charge in [0.25, 0.3) is 0 Å². The number of carboxylic acids is 1. The molecule has 0 aliphatic heterocycles. The van der Waals surface area contributed by atoms with Crippen LogP contribution in [0.1, 0.15) is 37.8 Å². The summed E-state index contributed by atoms with van der Waals surface area (Å²) in [6.45, 7) is 3.64. The Labute approximate surface area is 237 Å². The molecule has 41 heavy (non-hydrogen) atoms. The van der Waals surface area contributed by atoms with Crippen molar-refractivity contribution in [3.05, 3.63) is 59.7 Å². The van der Waals surface area contributed by atoms with Gasteiger partial charge < -0.3 is 42.7 Å². The molecule has 0 aliphatic carbocycles. The number of amides is 4. The number of hydrogen-bond acceptors (Lipinski definition) is 8. The van der Waals surface area contributed by atoms with E-state index in [1.54, 1.807) is 19.1 Å². The van der Waals surface area contributed by atoms with E-state index >= 15 is 0 Å². The third-order valence-electron chi connectivity index (χ3n) is 6.60. The summed E-state index contributed by atoms with van der Waals surface area (Å²) in [5.41, 5.74) is 12.4. The van der Waals surface area contributed by atoms with Crippen LogP contribution in [0.4, 0.5) is 0 Å². The molecule has 0 saturated heterocycles. The van der Waals surface area contributed by atoms with Crippen LogP contribution in [0.25, 0.3) is 0 Å². The standard InChI is InChI=1S/C28H37N5O8/c1-3-15(2)24(30)27(39)32-20(12-16-4-8-18(34)9-5-16)25(37)31-21(14-23(29)36)26(38)33-22(28(40)41)13-17-6-10-19(35)11-7-17/h4-11,15,20-22,24,34-35H,3,12-14,30H2,1-2H3,(H2,29,36)(H,31,37)(H,32,39)(H,33,38)(H,40,41). The zero-order valence-electron chi connectivity index (χ0n) is 22.9. The molecule has 2 rings (SSSR count). The molecule has 0 aliphatic rings. The van der Waals surface area contributed by atoms with Gasteiger partial charge in [0.1, 0.15) is 29.6 Å². The summed E-state index contributed by atoms with van der Waals surface area (Å²) in [6.07, 6.45) is -0.227. The van der Waals surface area contributed by atoms with Gasteiger partial charge in [-0.15, -0.1) is 0 Å². The third kappa shape index (κ3) is 10.4. The fourth-order valence-corrected chi connectivity index (χ4v) is 3.88. The fraction of sp³-hybridized carbons (Fsp3) is 0.393. The monoisotopic (exact) mass is 571 g/mol. The van der Waals surface area contributed by atoms with Gasteiger partial charge >= 0.3 is 5.97 Å². The molecule has 0 heterocycles. The number of aliphatic carboxylic acids is 1. The third-order valence-corrected chi connectivity index (χ3v) is 6.60. The Balaban J connectivity index is 2.25. The SMILES string of the molecule is CCC(C)C(N)C(=O)NC(Cc1ccc(O)cc1)C(=O)NC(CC(N)=O)C(=O)NC(Cc1ccc(O)cc1)C(=O)O.